The Morgan fingerprint density at radius 2 is 1.86 bits per heavy atom. The van der Waals surface area contributed by atoms with Crippen LogP contribution >= 0.6 is 0 Å². The third-order valence-electron chi connectivity index (χ3n) is 5.79. The van der Waals surface area contributed by atoms with E-state index in [-0.39, 0.29) is 5.82 Å². The molecule has 0 radical (unpaired) electrons. The Balaban J connectivity index is 1.91. The molecule has 0 aliphatic carbocycles. The molecule has 2 aromatic carbocycles. The van der Waals surface area contributed by atoms with Crippen LogP contribution in [0.25, 0.3) is 27.8 Å². The summed E-state index contributed by atoms with van der Waals surface area (Å²) in [6, 6.07) is 9.81. The minimum Gasteiger partial charge on any atom is -0.361 e. The van der Waals surface area contributed by atoms with Crippen molar-refractivity contribution in [2.45, 2.75) is 33.7 Å². The largest absolute Gasteiger partial charge is 0.361 e. The molecule has 2 aromatic heterocycles. The van der Waals surface area contributed by atoms with Gasteiger partial charge in [0.05, 0.1) is 17.1 Å². The minimum absolute atomic E-state index is 0.203. The molecule has 4 nitrogen and oxygen atoms in total. The SMILES string of the molecule is Cc1cccc(C)c1-n1nc2c(c1-c1c(F)cc(C)c3[nH]ccc13)CNCC2. The van der Waals surface area contributed by atoms with Crippen molar-refractivity contribution < 1.29 is 4.39 Å². The van der Waals surface area contributed by atoms with Crippen molar-refractivity contribution in [3.8, 4) is 16.9 Å². The average Bonchev–Trinajstić information content (AvgIpc) is 3.28. The Labute approximate surface area is 163 Å². The fraction of sp³-hybridized carbons (Fsp3) is 0.261. The number of halogens is 1. The van der Waals surface area contributed by atoms with E-state index in [1.165, 1.54) is 0 Å². The van der Waals surface area contributed by atoms with E-state index in [0.29, 0.717) is 12.1 Å². The number of aromatic nitrogens is 3. The van der Waals surface area contributed by atoms with Gasteiger partial charge in [-0.05, 0) is 49.6 Å². The number of hydrogen-bond donors (Lipinski definition) is 2. The summed E-state index contributed by atoms with van der Waals surface area (Å²) in [5.41, 5.74) is 8.83. The van der Waals surface area contributed by atoms with E-state index in [0.717, 1.165) is 63.2 Å². The van der Waals surface area contributed by atoms with Crippen LogP contribution in [-0.4, -0.2) is 21.3 Å². The number of rotatable bonds is 2. The molecule has 2 N–H and O–H groups in total. The summed E-state index contributed by atoms with van der Waals surface area (Å²) in [5.74, 6) is -0.203. The highest BCUT2D eigenvalue weighted by Gasteiger charge is 2.27. The summed E-state index contributed by atoms with van der Waals surface area (Å²) >= 11 is 0. The van der Waals surface area contributed by atoms with Gasteiger partial charge in [0.15, 0.2) is 0 Å². The van der Waals surface area contributed by atoms with Gasteiger partial charge in [-0.25, -0.2) is 9.07 Å². The first kappa shape index (κ1) is 17.2. The van der Waals surface area contributed by atoms with Crippen molar-refractivity contribution in [2.24, 2.45) is 0 Å². The maximum Gasteiger partial charge on any atom is 0.133 e. The average molecular weight is 374 g/mol. The number of hydrogen-bond acceptors (Lipinski definition) is 2. The zero-order chi connectivity index (χ0) is 19.4. The zero-order valence-electron chi connectivity index (χ0n) is 16.4. The van der Waals surface area contributed by atoms with Crippen LogP contribution in [-0.2, 0) is 13.0 Å². The van der Waals surface area contributed by atoms with Gasteiger partial charge in [0.25, 0.3) is 0 Å². The molecule has 0 saturated heterocycles. The summed E-state index contributed by atoms with van der Waals surface area (Å²) in [6.07, 6.45) is 2.73. The first-order valence-corrected chi connectivity index (χ1v) is 9.71. The monoisotopic (exact) mass is 374 g/mol. The molecule has 5 rings (SSSR count). The van der Waals surface area contributed by atoms with E-state index in [2.05, 4.69) is 42.3 Å². The van der Waals surface area contributed by atoms with E-state index in [1.807, 2.05) is 23.9 Å². The van der Waals surface area contributed by atoms with Gasteiger partial charge in [-0.15, -0.1) is 0 Å². The predicted molar refractivity (Wildman–Crippen MR) is 110 cm³/mol. The molecule has 3 heterocycles. The number of nitrogens with one attached hydrogen (secondary N) is 2. The lowest BCUT2D eigenvalue weighted by Crippen LogP contribution is -2.23. The van der Waals surface area contributed by atoms with Crippen LogP contribution < -0.4 is 5.32 Å². The lowest BCUT2D eigenvalue weighted by atomic mass is 9.97. The molecule has 4 aromatic rings. The standard InChI is InChI=1S/C23H23FN4/c1-13-5-4-6-14(2)22(13)28-23(17-12-25-9-8-19(17)27-28)20-16-7-10-26-21(16)15(3)11-18(20)24/h4-7,10-11,25-26H,8-9,12H2,1-3H3. The smallest absolute Gasteiger partial charge is 0.133 e. The van der Waals surface area contributed by atoms with E-state index >= 15 is 4.39 Å². The van der Waals surface area contributed by atoms with Crippen LogP contribution in [0.2, 0.25) is 0 Å². The molecule has 142 valence electrons. The maximum atomic E-state index is 15.4. The maximum absolute atomic E-state index is 15.4. The van der Waals surface area contributed by atoms with E-state index < -0.39 is 0 Å². The third-order valence-corrected chi connectivity index (χ3v) is 5.79. The second-order valence-corrected chi connectivity index (χ2v) is 7.67. The third kappa shape index (κ3) is 2.43. The van der Waals surface area contributed by atoms with Crippen molar-refractivity contribution in [1.29, 1.82) is 0 Å². The Bertz CT molecular complexity index is 1200. The van der Waals surface area contributed by atoms with Gasteiger partial charge in [-0.1, -0.05) is 18.2 Å². The van der Waals surface area contributed by atoms with Crippen LogP contribution in [0.5, 0.6) is 0 Å². The summed E-state index contributed by atoms with van der Waals surface area (Å²) in [4.78, 5) is 3.27. The highest BCUT2D eigenvalue weighted by Crippen LogP contribution is 2.39. The summed E-state index contributed by atoms with van der Waals surface area (Å²) in [6.45, 7) is 7.71. The molecule has 0 saturated carbocycles. The van der Waals surface area contributed by atoms with Crippen molar-refractivity contribution in [3.05, 3.63) is 70.3 Å². The zero-order valence-corrected chi connectivity index (χ0v) is 16.4. The molecule has 1 aliphatic heterocycles. The molecule has 0 unspecified atom stereocenters. The van der Waals surface area contributed by atoms with Gasteiger partial charge in [0.2, 0.25) is 0 Å². The van der Waals surface area contributed by atoms with Gasteiger partial charge >= 0.3 is 0 Å². The molecule has 0 atom stereocenters. The first-order valence-electron chi connectivity index (χ1n) is 9.71. The van der Waals surface area contributed by atoms with Gasteiger partial charge in [-0.2, -0.15) is 5.10 Å². The molecule has 28 heavy (non-hydrogen) atoms. The summed E-state index contributed by atoms with van der Waals surface area (Å²) < 4.78 is 17.4. The molecular weight excluding hydrogens is 351 g/mol. The second-order valence-electron chi connectivity index (χ2n) is 7.67. The minimum atomic E-state index is -0.203. The van der Waals surface area contributed by atoms with Crippen molar-refractivity contribution in [2.75, 3.05) is 6.54 Å². The highest BCUT2D eigenvalue weighted by molar-refractivity contribution is 5.97. The fourth-order valence-corrected chi connectivity index (χ4v) is 4.47. The van der Waals surface area contributed by atoms with Crippen molar-refractivity contribution in [1.82, 2.24) is 20.1 Å². The van der Waals surface area contributed by atoms with Crippen LogP contribution in [0.3, 0.4) is 0 Å². The van der Waals surface area contributed by atoms with Crippen LogP contribution in [0.1, 0.15) is 27.9 Å². The first-order chi connectivity index (χ1) is 13.6. The Hall–Kier alpha value is -2.92. The lowest BCUT2D eigenvalue weighted by Gasteiger charge is -2.17. The molecule has 1 aliphatic rings. The second kappa shape index (κ2) is 6.31. The normalized spacial score (nSPS) is 13.9. The number of nitrogens with zero attached hydrogens (tertiary/aromatic N) is 2. The molecule has 0 amide bonds. The summed E-state index contributed by atoms with van der Waals surface area (Å²) in [5, 5.41) is 9.31. The van der Waals surface area contributed by atoms with Gasteiger partial charge in [-0.3, -0.25) is 0 Å². The lowest BCUT2D eigenvalue weighted by molar-refractivity contribution is 0.628. The number of para-hydroxylation sites is 1. The van der Waals surface area contributed by atoms with Gasteiger partial charge in [0.1, 0.15) is 5.82 Å². The van der Waals surface area contributed by atoms with E-state index in [1.54, 1.807) is 6.07 Å². The van der Waals surface area contributed by atoms with Gasteiger partial charge < -0.3 is 10.3 Å². The molecule has 0 fully saturated rings. The van der Waals surface area contributed by atoms with Crippen LogP contribution in [0.15, 0.2) is 36.5 Å². The number of aromatic amines is 1. The topological polar surface area (TPSA) is 45.6 Å². The van der Waals surface area contributed by atoms with E-state index in [4.69, 9.17) is 5.10 Å². The number of H-pyrrole nitrogens is 1. The number of benzene rings is 2. The number of fused-ring (bicyclic) bond motifs is 2. The Morgan fingerprint density at radius 1 is 1.07 bits per heavy atom. The molecular formula is C23H23FN4. The van der Waals surface area contributed by atoms with Gasteiger partial charge in [0, 0.05) is 47.7 Å². The predicted octanol–water partition coefficient (Wildman–Crippen LogP) is 4.73. The van der Waals surface area contributed by atoms with Crippen molar-refractivity contribution in [3.63, 3.8) is 0 Å². The Morgan fingerprint density at radius 3 is 2.64 bits per heavy atom. The fourth-order valence-electron chi connectivity index (χ4n) is 4.47. The molecule has 0 spiro atoms. The molecule has 0 bridgehead atoms. The molecule has 5 heteroatoms. The quantitative estimate of drug-likeness (QED) is 0.533. The van der Waals surface area contributed by atoms with Crippen LogP contribution in [0, 0.1) is 26.6 Å². The van der Waals surface area contributed by atoms with E-state index in [9.17, 15) is 0 Å². The highest BCUT2D eigenvalue weighted by atomic mass is 19.1. The van der Waals surface area contributed by atoms with Crippen LogP contribution in [0.4, 0.5) is 4.39 Å². The summed E-state index contributed by atoms with van der Waals surface area (Å²) in [7, 11) is 0. The van der Waals surface area contributed by atoms with Crippen molar-refractivity contribution >= 4 is 10.9 Å². The Kier molecular flexibility index (Phi) is 3.88. The number of aryl methyl sites for hydroxylation is 3.